The van der Waals surface area contributed by atoms with Crippen LogP contribution < -0.4 is 5.32 Å². The summed E-state index contributed by atoms with van der Waals surface area (Å²) >= 11 is 1.58. The Balaban J connectivity index is 1.44. The molecule has 1 fully saturated rings. The molecule has 1 aliphatic rings. The number of carbonyl (C=O) groups excluding carboxylic acids is 2. The lowest BCUT2D eigenvalue weighted by Gasteiger charge is -2.23. The van der Waals surface area contributed by atoms with E-state index >= 15 is 0 Å². The van der Waals surface area contributed by atoms with Gasteiger partial charge in [-0.2, -0.15) is 5.10 Å². The lowest BCUT2D eigenvalue weighted by molar-refractivity contribution is -0.124. The normalized spacial score (nSPS) is 15.9. The summed E-state index contributed by atoms with van der Waals surface area (Å²) in [5, 5.41) is 7.36. The highest BCUT2D eigenvalue weighted by Crippen LogP contribution is 2.23. The minimum absolute atomic E-state index is 0.135. The van der Waals surface area contributed by atoms with Crippen molar-refractivity contribution in [2.45, 2.75) is 26.4 Å². The molecule has 3 aromatic rings. The SMILES string of the molecule is Cc1cc(C)n(-c2ccc(C(=O)N3CSCC3C(=O)NCc3ccccc3)cn2)n1. The number of nitrogens with zero attached hydrogens (tertiary/aromatic N) is 4. The van der Waals surface area contributed by atoms with Crippen molar-refractivity contribution in [1.82, 2.24) is 25.0 Å². The number of amides is 2. The highest BCUT2D eigenvalue weighted by molar-refractivity contribution is 7.99. The molecule has 7 nitrogen and oxygen atoms in total. The number of hydrogen-bond acceptors (Lipinski definition) is 5. The fourth-order valence-corrected chi connectivity index (χ4v) is 4.58. The average Bonchev–Trinajstić information content (AvgIpc) is 3.38. The first-order valence-electron chi connectivity index (χ1n) is 9.73. The van der Waals surface area contributed by atoms with Gasteiger partial charge in [0.2, 0.25) is 5.91 Å². The summed E-state index contributed by atoms with van der Waals surface area (Å²) in [6.07, 6.45) is 1.55. The number of aryl methyl sites for hydroxylation is 2. The Morgan fingerprint density at radius 2 is 1.97 bits per heavy atom. The maximum atomic E-state index is 13.0. The molecule has 0 spiro atoms. The lowest BCUT2D eigenvalue weighted by atomic mass is 10.2. The molecular formula is C22H23N5O2S. The van der Waals surface area contributed by atoms with E-state index in [1.165, 1.54) is 0 Å². The zero-order valence-corrected chi connectivity index (χ0v) is 17.7. The fraction of sp³-hybridized carbons (Fsp3) is 0.273. The maximum Gasteiger partial charge on any atom is 0.256 e. The van der Waals surface area contributed by atoms with Crippen LogP contribution in [-0.4, -0.2) is 49.2 Å². The molecule has 2 amide bonds. The predicted octanol–water partition coefficient (Wildman–Crippen LogP) is 2.72. The Morgan fingerprint density at radius 3 is 2.63 bits per heavy atom. The van der Waals surface area contributed by atoms with Gasteiger partial charge in [-0.1, -0.05) is 30.3 Å². The van der Waals surface area contributed by atoms with Crippen molar-refractivity contribution in [1.29, 1.82) is 0 Å². The summed E-state index contributed by atoms with van der Waals surface area (Å²) in [6.45, 7) is 4.33. The first-order chi connectivity index (χ1) is 14.5. The van der Waals surface area contributed by atoms with Crippen molar-refractivity contribution in [2.24, 2.45) is 0 Å². The molecule has 0 saturated carbocycles. The molecule has 2 aromatic heterocycles. The molecule has 1 N–H and O–H groups in total. The molecule has 0 aliphatic carbocycles. The maximum absolute atomic E-state index is 13.0. The molecule has 1 saturated heterocycles. The van der Waals surface area contributed by atoms with Gasteiger partial charge < -0.3 is 10.2 Å². The number of aromatic nitrogens is 3. The summed E-state index contributed by atoms with van der Waals surface area (Å²) in [5.41, 5.74) is 3.38. The van der Waals surface area contributed by atoms with E-state index in [4.69, 9.17) is 0 Å². The molecule has 1 atom stereocenters. The van der Waals surface area contributed by atoms with Gasteiger partial charge in [-0.3, -0.25) is 9.59 Å². The zero-order chi connectivity index (χ0) is 21.1. The van der Waals surface area contributed by atoms with E-state index in [0.29, 0.717) is 29.6 Å². The Labute approximate surface area is 179 Å². The molecule has 4 rings (SSSR count). The second kappa shape index (κ2) is 8.71. The average molecular weight is 422 g/mol. The van der Waals surface area contributed by atoms with Crippen LogP contribution in [0.2, 0.25) is 0 Å². The minimum Gasteiger partial charge on any atom is -0.350 e. The third-order valence-corrected chi connectivity index (χ3v) is 5.99. The summed E-state index contributed by atoms with van der Waals surface area (Å²) < 4.78 is 1.75. The number of benzene rings is 1. The molecule has 8 heteroatoms. The second-order valence-corrected chi connectivity index (χ2v) is 8.24. The van der Waals surface area contributed by atoms with E-state index in [1.807, 2.05) is 50.2 Å². The van der Waals surface area contributed by atoms with Crippen LogP contribution in [0.25, 0.3) is 5.82 Å². The van der Waals surface area contributed by atoms with Crippen LogP contribution in [0.3, 0.4) is 0 Å². The zero-order valence-electron chi connectivity index (χ0n) is 16.9. The van der Waals surface area contributed by atoms with E-state index in [9.17, 15) is 9.59 Å². The first kappa shape index (κ1) is 20.2. The molecule has 30 heavy (non-hydrogen) atoms. The Kier molecular flexibility index (Phi) is 5.85. The number of carbonyl (C=O) groups is 2. The molecule has 0 radical (unpaired) electrons. The number of nitrogens with one attached hydrogen (secondary N) is 1. The van der Waals surface area contributed by atoms with Crippen LogP contribution in [0.1, 0.15) is 27.3 Å². The van der Waals surface area contributed by atoms with Crippen molar-refractivity contribution in [2.75, 3.05) is 11.6 Å². The third-order valence-electron chi connectivity index (χ3n) is 4.98. The van der Waals surface area contributed by atoms with Gasteiger partial charge in [-0.25, -0.2) is 9.67 Å². The number of rotatable bonds is 5. The third kappa shape index (κ3) is 4.23. The standard InChI is InChI=1S/C22H23N5O2S/c1-15-10-16(2)27(25-15)20-9-8-18(12-23-20)22(29)26-14-30-13-19(26)21(28)24-11-17-6-4-3-5-7-17/h3-10,12,19H,11,13-14H2,1-2H3,(H,24,28). The monoisotopic (exact) mass is 421 g/mol. The topological polar surface area (TPSA) is 80.1 Å². The highest BCUT2D eigenvalue weighted by Gasteiger charge is 2.35. The largest absolute Gasteiger partial charge is 0.350 e. The van der Waals surface area contributed by atoms with Gasteiger partial charge in [-0.05, 0) is 37.6 Å². The predicted molar refractivity (Wildman–Crippen MR) is 116 cm³/mol. The molecule has 1 unspecified atom stereocenters. The van der Waals surface area contributed by atoms with Crippen molar-refractivity contribution >= 4 is 23.6 Å². The molecule has 1 aromatic carbocycles. The van der Waals surface area contributed by atoms with Crippen LogP contribution in [-0.2, 0) is 11.3 Å². The van der Waals surface area contributed by atoms with Gasteiger partial charge in [0, 0.05) is 24.2 Å². The van der Waals surface area contributed by atoms with Crippen molar-refractivity contribution in [3.8, 4) is 5.82 Å². The van der Waals surface area contributed by atoms with E-state index in [0.717, 1.165) is 17.0 Å². The fourth-order valence-electron chi connectivity index (χ4n) is 3.43. The van der Waals surface area contributed by atoms with E-state index < -0.39 is 6.04 Å². The first-order valence-corrected chi connectivity index (χ1v) is 10.9. The number of pyridine rings is 1. The quantitative estimate of drug-likeness (QED) is 0.685. The summed E-state index contributed by atoms with van der Waals surface area (Å²) in [4.78, 5) is 31.7. The van der Waals surface area contributed by atoms with Crippen LogP contribution in [0.15, 0.2) is 54.7 Å². The molecule has 0 bridgehead atoms. The van der Waals surface area contributed by atoms with Crippen molar-refractivity contribution in [3.63, 3.8) is 0 Å². The van der Waals surface area contributed by atoms with Crippen molar-refractivity contribution in [3.05, 3.63) is 77.2 Å². The Morgan fingerprint density at radius 1 is 1.17 bits per heavy atom. The van der Waals surface area contributed by atoms with Gasteiger partial charge in [0.25, 0.3) is 5.91 Å². The van der Waals surface area contributed by atoms with E-state index in [1.54, 1.807) is 39.7 Å². The smallest absolute Gasteiger partial charge is 0.256 e. The van der Waals surface area contributed by atoms with Gasteiger partial charge in [0.1, 0.15) is 6.04 Å². The molecular weight excluding hydrogens is 398 g/mol. The molecule has 3 heterocycles. The second-order valence-electron chi connectivity index (χ2n) is 7.24. The Hall–Kier alpha value is -3.13. The summed E-state index contributed by atoms with van der Waals surface area (Å²) in [6, 6.07) is 14.7. The van der Waals surface area contributed by atoms with E-state index in [2.05, 4.69) is 15.4 Å². The summed E-state index contributed by atoms with van der Waals surface area (Å²) in [7, 11) is 0. The van der Waals surface area contributed by atoms with Crippen LogP contribution in [0, 0.1) is 13.8 Å². The van der Waals surface area contributed by atoms with E-state index in [-0.39, 0.29) is 11.8 Å². The highest BCUT2D eigenvalue weighted by atomic mass is 32.2. The lowest BCUT2D eigenvalue weighted by Crippen LogP contribution is -2.47. The van der Waals surface area contributed by atoms with Crippen LogP contribution in [0.5, 0.6) is 0 Å². The van der Waals surface area contributed by atoms with Gasteiger partial charge in [-0.15, -0.1) is 11.8 Å². The van der Waals surface area contributed by atoms with Gasteiger partial charge in [0.15, 0.2) is 5.82 Å². The Bertz CT molecular complexity index is 1050. The van der Waals surface area contributed by atoms with Crippen LogP contribution >= 0.6 is 11.8 Å². The molecule has 1 aliphatic heterocycles. The molecule has 154 valence electrons. The number of hydrogen-bond donors (Lipinski definition) is 1. The summed E-state index contributed by atoms with van der Waals surface area (Å²) in [5.74, 6) is 1.41. The van der Waals surface area contributed by atoms with Gasteiger partial charge in [0.05, 0.1) is 17.1 Å². The van der Waals surface area contributed by atoms with Gasteiger partial charge >= 0.3 is 0 Å². The van der Waals surface area contributed by atoms with Crippen LogP contribution in [0.4, 0.5) is 0 Å². The van der Waals surface area contributed by atoms with Crippen molar-refractivity contribution < 1.29 is 9.59 Å². The minimum atomic E-state index is -0.484. The number of thioether (sulfide) groups is 1.